The van der Waals surface area contributed by atoms with Gasteiger partial charge in [0.2, 0.25) is 0 Å². The van der Waals surface area contributed by atoms with Gasteiger partial charge in [-0.15, -0.1) is 0 Å². The van der Waals surface area contributed by atoms with Gasteiger partial charge in [0.15, 0.2) is 0 Å². The first-order chi connectivity index (χ1) is 9.92. The zero-order valence-electron chi connectivity index (χ0n) is 10.6. The Balaban J connectivity index is 2.37. The largest absolute Gasteiger partial charge is 0.271 e. The molecule has 0 bridgehead atoms. The molecule has 0 fully saturated rings. The van der Waals surface area contributed by atoms with Gasteiger partial charge in [0.1, 0.15) is 29.1 Å². The number of hydrazine groups is 1. The predicted octanol–water partition coefficient (Wildman–Crippen LogP) is 3.13. The quantitative estimate of drug-likeness (QED) is 0.517. The van der Waals surface area contributed by atoms with Crippen LogP contribution in [-0.4, -0.2) is 0 Å². The van der Waals surface area contributed by atoms with Crippen molar-refractivity contribution >= 4 is 0 Å². The highest BCUT2D eigenvalue weighted by atomic mass is 19.2. The molecule has 2 nitrogen and oxygen atoms in total. The number of rotatable bonds is 4. The van der Waals surface area contributed by atoms with Crippen LogP contribution in [0.25, 0.3) is 0 Å². The lowest BCUT2D eigenvalue weighted by atomic mass is 9.98. The van der Waals surface area contributed by atoms with E-state index in [1.165, 1.54) is 0 Å². The number of benzene rings is 2. The molecular weight excluding hydrogens is 291 g/mol. The first-order valence-electron chi connectivity index (χ1n) is 5.97. The molecule has 3 N–H and O–H groups in total. The van der Waals surface area contributed by atoms with Gasteiger partial charge in [0, 0.05) is 23.8 Å². The van der Waals surface area contributed by atoms with Gasteiger partial charge in [-0.2, -0.15) is 0 Å². The highest BCUT2D eigenvalue weighted by Gasteiger charge is 2.22. The highest BCUT2D eigenvalue weighted by molar-refractivity contribution is 5.28. The Morgan fingerprint density at radius 3 is 1.95 bits per heavy atom. The van der Waals surface area contributed by atoms with Crippen LogP contribution in [-0.2, 0) is 6.42 Å². The van der Waals surface area contributed by atoms with Crippen LogP contribution in [0.1, 0.15) is 17.2 Å². The summed E-state index contributed by atoms with van der Waals surface area (Å²) in [5.41, 5.74) is 1.65. The van der Waals surface area contributed by atoms with Gasteiger partial charge in [-0.05, 0) is 18.1 Å². The second-order valence-corrected chi connectivity index (χ2v) is 4.44. The van der Waals surface area contributed by atoms with E-state index in [0.29, 0.717) is 18.2 Å². The normalized spacial score (nSPS) is 12.5. The molecule has 0 aliphatic rings. The number of hydrogen-bond donors (Lipinski definition) is 2. The zero-order valence-corrected chi connectivity index (χ0v) is 10.6. The van der Waals surface area contributed by atoms with Gasteiger partial charge in [0.25, 0.3) is 0 Å². The molecule has 2 aromatic carbocycles. The Kier molecular flexibility index (Phi) is 4.54. The van der Waals surface area contributed by atoms with E-state index in [1.54, 1.807) is 0 Å². The van der Waals surface area contributed by atoms with Gasteiger partial charge in [-0.1, -0.05) is 6.07 Å². The van der Waals surface area contributed by atoms with Crippen molar-refractivity contribution in [2.24, 2.45) is 5.84 Å². The molecular formula is C14H11F5N2. The average molecular weight is 302 g/mol. The van der Waals surface area contributed by atoms with Gasteiger partial charge in [-0.3, -0.25) is 11.3 Å². The highest BCUT2D eigenvalue weighted by Crippen LogP contribution is 2.25. The molecule has 0 saturated carbocycles. The maximum atomic E-state index is 13.7. The molecule has 1 atom stereocenters. The maximum absolute atomic E-state index is 13.7. The predicted molar refractivity (Wildman–Crippen MR) is 66.4 cm³/mol. The van der Waals surface area contributed by atoms with Crippen molar-refractivity contribution in [2.75, 3.05) is 0 Å². The van der Waals surface area contributed by atoms with Crippen LogP contribution in [0.2, 0.25) is 0 Å². The summed E-state index contributed by atoms with van der Waals surface area (Å²) in [7, 11) is 0. The third kappa shape index (κ3) is 3.37. The molecule has 2 aromatic rings. The SMILES string of the molecule is NNC(Cc1ccc(F)cc1F)c1c(F)cc(F)cc1F. The summed E-state index contributed by atoms with van der Waals surface area (Å²) in [5.74, 6) is 0.248. The van der Waals surface area contributed by atoms with E-state index in [1.807, 2.05) is 0 Å². The van der Waals surface area contributed by atoms with Gasteiger partial charge >= 0.3 is 0 Å². The Hall–Kier alpha value is -1.99. The standard InChI is InChI=1S/C14H11F5N2/c15-8-2-1-7(10(17)4-8)3-13(21-20)14-11(18)5-9(16)6-12(14)19/h1-2,4-6,13,21H,3,20H2. The van der Waals surface area contributed by atoms with Crippen molar-refractivity contribution in [2.45, 2.75) is 12.5 Å². The average Bonchev–Trinajstić information content (AvgIpc) is 2.39. The van der Waals surface area contributed by atoms with Crippen LogP contribution in [0.3, 0.4) is 0 Å². The lowest BCUT2D eigenvalue weighted by Crippen LogP contribution is -2.31. The topological polar surface area (TPSA) is 38.0 Å². The van der Waals surface area contributed by atoms with Crippen molar-refractivity contribution in [1.82, 2.24) is 5.43 Å². The minimum Gasteiger partial charge on any atom is -0.271 e. The Bertz CT molecular complexity index is 637. The molecule has 21 heavy (non-hydrogen) atoms. The van der Waals surface area contributed by atoms with E-state index in [4.69, 9.17) is 5.84 Å². The lowest BCUT2D eigenvalue weighted by molar-refractivity contribution is 0.455. The minimum absolute atomic E-state index is 0.0162. The van der Waals surface area contributed by atoms with Crippen LogP contribution >= 0.6 is 0 Å². The van der Waals surface area contributed by atoms with Crippen molar-refractivity contribution in [3.05, 3.63) is 70.5 Å². The summed E-state index contributed by atoms with van der Waals surface area (Å²) in [6.45, 7) is 0. The smallest absolute Gasteiger partial charge is 0.133 e. The molecule has 7 heteroatoms. The van der Waals surface area contributed by atoms with Crippen molar-refractivity contribution in [3.8, 4) is 0 Å². The first-order valence-corrected chi connectivity index (χ1v) is 5.97. The van der Waals surface area contributed by atoms with Crippen LogP contribution < -0.4 is 11.3 Å². The minimum atomic E-state index is -1.14. The monoisotopic (exact) mass is 302 g/mol. The second kappa shape index (κ2) is 6.19. The van der Waals surface area contributed by atoms with E-state index < -0.39 is 40.7 Å². The Labute approximate surface area is 117 Å². The first kappa shape index (κ1) is 15.4. The summed E-state index contributed by atoms with van der Waals surface area (Å²) in [6.07, 6.45) is -0.234. The van der Waals surface area contributed by atoms with E-state index in [9.17, 15) is 22.0 Å². The summed E-state index contributed by atoms with van der Waals surface area (Å²) < 4.78 is 66.6. The summed E-state index contributed by atoms with van der Waals surface area (Å²) in [5, 5.41) is 0. The second-order valence-electron chi connectivity index (χ2n) is 4.44. The molecule has 0 radical (unpaired) electrons. The fourth-order valence-corrected chi connectivity index (χ4v) is 2.04. The molecule has 0 amide bonds. The fourth-order valence-electron chi connectivity index (χ4n) is 2.04. The third-order valence-electron chi connectivity index (χ3n) is 3.03. The lowest BCUT2D eigenvalue weighted by Gasteiger charge is -2.18. The molecule has 112 valence electrons. The Morgan fingerprint density at radius 2 is 1.43 bits per heavy atom. The summed E-state index contributed by atoms with van der Waals surface area (Å²) in [6, 6.07) is 2.69. The van der Waals surface area contributed by atoms with E-state index >= 15 is 0 Å². The molecule has 2 rings (SSSR count). The molecule has 0 heterocycles. The molecule has 0 aliphatic carbocycles. The fraction of sp³-hybridized carbons (Fsp3) is 0.143. The Morgan fingerprint density at radius 1 is 0.857 bits per heavy atom. The summed E-state index contributed by atoms with van der Waals surface area (Å²) >= 11 is 0. The number of nitrogens with two attached hydrogens (primary N) is 1. The van der Waals surface area contributed by atoms with Gasteiger partial charge in [0.05, 0.1) is 6.04 Å². The van der Waals surface area contributed by atoms with Crippen LogP contribution in [0, 0.1) is 29.1 Å². The van der Waals surface area contributed by atoms with Gasteiger partial charge in [-0.25, -0.2) is 22.0 Å². The number of hydrogen-bond acceptors (Lipinski definition) is 2. The number of nitrogens with one attached hydrogen (secondary N) is 1. The molecule has 1 unspecified atom stereocenters. The maximum Gasteiger partial charge on any atom is 0.133 e. The van der Waals surface area contributed by atoms with E-state index in [-0.39, 0.29) is 12.0 Å². The van der Waals surface area contributed by atoms with Crippen LogP contribution in [0.4, 0.5) is 22.0 Å². The third-order valence-corrected chi connectivity index (χ3v) is 3.03. The number of halogens is 5. The van der Waals surface area contributed by atoms with E-state index in [0.717, 1.165) is 12.1 Å². The molecule has 0 aromatic heterocycles. The van der Waals surface area contributed by atoms with Crippen LogP contribution in [0.15, 0.2) is 30.3 Å². The van der Waals surface area contributed by atoms with Crippen LogP contribution in [0.5, 0.6) is 0 Å². The molecule has 0 aliphatic heterocycles. The van der Waals surface area contributed by atoms with Crippen molar-refractivity contribution < 1.29 is 22.0 Å². The van der Waals surface area contributed by atoms with E-state index in [2.05, 4.69) is 5.43 Å². The molecule has 0 saturated heterocycles. The van der Waals surface area contributed by atoms with Crippen molar-refractivity contribution in [3.63, 3.8) is 0 Å². The molecule has 0 spiro atoms. The summed E-state index contributed by atoms with van der Waals surface area (Å²) in [4.78, 5) is 0. The zero-order chi connectivity index (χ0) is 15.6. The van der Waals surface area contributed by atoms with Gasteiger partial charge < -0.3 is 0 Å². The van der Waals surface area contributed by atoms with Crippen molar-refractivity contribution in [1.29, 1.82) is 0 Å².